The SMILES string of the molecule is CCN(CCN(CC(=O)[O-])CC(N(CC(=O)[O-])CC(=O)[O-])C(C)(C)C)CC(=O)[O-]. The molecule has 0 aromatic heterocycles. The molecule has 0 aliphatic heterocycles. The summed E-state index contributed by atoms with van der Waals surface area (Å²) < 4.78 is 0. The molecule has 1 unspecified atom stereocenters. The predicted molar refractivity (Wildman–Crippen MR) is 93.4 cm³/mol. The Morgan fingerprint density at radius 2 is 1.10 bits per heavy atom. The van der Waals surface area contributed by atoms with Crippen LogP contribution in [0.5, 0.6) is 0 Å². The minimum absolute atomic E-state index is 0.0148. The Bertz CT molecular complexity index is 560. The van der Waals surface area contributed by atoms with Crippen LogP contribution in [0.2, 0.25) is 0 Å². The van der Waals surface area contributed by atoms with Crippen molar-refractivity contribution in [1.29, 1.82) is 0 Å². The minimum atomic E-state index is -1.47. The third-order valence-corrected chi connectivity index (χ3v) is 4.42. The molecule has 29 heavy (non-hydrogen) atoms. The van der Waals surface area contributed by atoms with E-state index in [2.05, 4.69) is 0 Å². The molecule has 0 spiro atoms. The van der Waals surface area contributed by atoms with Gasteiger partial charge in [-0.3, -0.25) is 14.7 Å². The van der Waals surface area contributed by atoms with E-state index in [1.807, 2.05) is 0 Å². The number of likely N-dealkylation sites (N-methyl/N-ethyl adjacent to an activating group) is 1. The van der Waals surface area contributed by atoms with Gasteiger partial charge in [0.2, 0.25) is 0 Å². The molecule has 1 atom stereocenters. The summed E-state index contributed by atoms with van der Waals surface area (Å²) in [5.74, 6) is -5.58. The van der Waals surface area contributed by atoms with E-state index in [0.717, 1.165) is 4.90 Å². The minimum Gasteiger partial charge on any atom is -0.549 e. The van der Waals surface area contributed by atoms with E-state index in [-0.39, 0.29) is 26.2 Å². The topological polar surface area (TPSA) is 170 Å². The van der Waals surface area contributed by atoms with Crippen LogP contribution in [0.15, 0.2) is 0 Å². The van der Waals surface area contributed by atoms with Gasteiger partial charge in [-0.2, -0.15) is 0 Å². The Kier molecular flexibility index (Phi) is 11.4. The highest BCUT2D eigenvalue weighted by molar-refractivity contribution is 5.70. The van der Waals surface area contributed by atoms with Crippen LogP contribution in [0.3, 0.4) is 0 Å². The van der Waals surface area contributed by atoms with Gasteiger partial charge < -0.3 is 39.6 Å². The van der Waals surface area contributed by atoms with E-state index in [0.29, 0.717) is 6.54 Å². The van der Waals surface area contributed by atoms with Gasteiger partial charge in [0.15, 0.2) is 0 Å². The van der Waals surface area contributed by atoms with Crippen molar-refractivity contribution >= 4 is 23.9 Å². The summed E-state index contributed by atoms with van der Waals surface area (Å²) in [7, 11) is 0. The van der Waals surface area contributed by atoms with Gasteiger partial charge in [0.05, 0.1) is 23.9 Å². The maximum Gasteiger partial charge on any atom is 0.0555 e. The maximum atomic E-state index is 11.2. The van der Waals surface area contributed by atoms with E-state index in [9.17, 15) is 39.6 Å². The molecule has 0 radical (unpaired) electrons. The van der Waals surface area contributed by atoms with Crippen molar-refractivity contribution in [2.45, 2.75) is 33.7 Å². The van der Waals surface area contributed by atoms with Crippen LogP contribution >= 0.6 is 0 Å². The number of carbonyl (C=O) groups is 4. The predicted octanol–water partition coefficient (Wildman–Crippen LogP) is -5.67. The maximum absolute atomic E-state index is 11.2. The standard InChI is InChI=1S/C18H33N3O8/c1-5-19(9-14(22)23)6-7-20(10-15(24)25)8-13(18(2,3)4)21(11-16(26)27)12-17(28)29/h13H,5-12H2,1-4H3,(H,22,23)(H,24,25)(H,26,27)(H,28,29)/p-4. The second kappa shape index (κ2) is 12.3. The fourth-order valence-electron chi connectivity index (χ4n) is 3.02. The first-order chi connectivity index (χ1) is 13.3. The summed E-state index contributed by atoms with van der Waals surface area (Å²) in [6.45, 7) is 5.68. The van der Waals surface area contributed by atoms with Gasteiger partial charge >= 0.3 is 0 Å². The largest absolute Gasteiger partial charge is 0.549 e. The van der Waals surface area contributed by atoms with Crippen molar-refractivity contribution in [3.05, 3.63) is 0 Å². The Balaban J connectivity index is 5.53. The summed E-state index contributed by atoms with van der Waals surface area (Å²) in [5.41, 5.74) is -0.621. The zero-order valence-electron chi connectivity index (χ0n) is 17.3. The molecule has 11 nitrogen and oxygen atoms in total. The Morgan fingerprint density at radius 3 is 1.45 bits per heavy atom. The van der Waals surface area contributed by atoms with E-state index in [1.54, 1.807) is 32.6 Å². The van der Waals surface area contributed by atoms with Gasteiger partial charge in [0.1, 0.15) is 0 Å². The lowest BCUT2D eigenvalue weighted by molar-refractivity contribution is -0.313. The molecular weight excluding hydrogens is 386 g/mol. The van der Waals surface area contributed by atoms with E-state index in [1.165, 1.54) is 4.90 Å². The number of rotatable bonds is 15. The molecule has 0 fully saturated rings. The summed E-state index contributed by atoms with van der Waals surface area (Å²) in [5, 5.41) is 44.1. The monoisotopic (exact) mass is 415 g/mol. The first-order valence-corrected chi connectivity index (χ1v) is 9.24. The lowest BCUT2D eigenvalue weighted by Crippen LogP contribution is -2.58. The lowest BCUT2D eigenvalue weighted by atomic mass is 9.85. The highest BCUT2D eigenvalue weighted by atomic mass is 16.4. The number of carboxylic acids is 4. The normalized spacial score (nSPS) is 13.1. The van der Waals surface area contributed by atoms with Gasteiger partial charge in [0.25, 0.3) is 0 Å². The van der Waals surface area contributed by atoms with Crippen LogP contribution in [-0.4, -0.2) is 97.0 Å². The van der Waals surface area contributed by atoms with Crippen LogP contribution < -0.4 is 20.4 Å². The van der Waals surface area contributed by atoms with Gasteiger partial charge in [-0.1, -0.05) is 27.7 Å². The molecule has 0 aliphatic rings. The van der Waals surface area contributed by atoms with Crippen molar-refractivity contribution in [1.82, 2.24) is 14.7 Å². The van der Waals surface area contributed by atoms with Crippen molar-refractivity contribution in [2.24, 2.45) is 5.41 Å². The van der Waals surface area contributed by atoms with Gasteiger partial charge in [-0.25, -0.2) is 0 Å². The summed E-state index contributed by atoms with van der Waals surface area (Å²) in [6.07, 6.45) is 0. The lowest BCUT2D eigenvalue weighted by Gasteiger charge is -2.43. The Hall–Kier alpha value is -2.24. The summed E-state index contributed by atoms with van der Waals surface area (Å²) in [6, 6.07) is -0.672. The van der Waals surface area contributed by atoms with E-state index in [4.69, 9.17) is 0 Å². The molecule has 0 saturated heterocycles. The van der Waals surface area contributed by atoms with E-state index >= 15 is 0 Å². The fraction of sp³-hybridized carbons (Fsp3) is 0.778. The third-order valence-electron chi connectivity index (χ3n) is 4.42. The molecule has 0 aliphatic carbocycles. The number of carboxylic acid groups (broad SMARTS) is 4. The van der Waals surface area contributed by atoms with Crippen LogP contribution in [0, 0.1) is 5.41 Å². The highest BCUT2D eigenvalue weighted by Gasteiger charge is 2.32. The number of carbonyl (C=O) groups excluding carboxylic acids is 4. The second-order valence-corrected chi connectivity index (χ2v) is 7.88. The zero-order chi connectivity index (χ0) is 22.8. The number of hydrogen-bond acceptors (Lipinski definition) is 11. The van der Waals surface area contributed by atoms with Gasteiger partial charge in [-0.05, 0) is 12.0 Å². The first kappa shape index (κ1) is 26.8. The van der Waals surface area contributed by atoms with Crippen molar-refractivity contribution in [3.8, 4) is 0 Å². The third kappa shape index (κ3) is 12.0. The van der Waals surface area contributed by atoms with Crippen LogP contribution in [0.1, 0.15) is 27.7 Å². The van der Waals surface area contributed by atoms with E-state index < -0.39 is 55.0 Å². The molecular formula is C18H29N3O8-4. The van der Waals surface area contributed by atoms with Crippen LogP contribution in [-0.2, 0) is 19.2 Å². The van der Waals surface area contributed by atoms with Gasteiger partial charge in [-0.15, -0.1) is 0 Å². The molecule has 0 N–H and O–H groups in total. The highest BCUT2D eigenvalue weighted by Crippen LogP contribution is 2.25. The molecule has 0 heterocycles. The smallest absolute Gasteiger partial charge is 0.0555 e. The molecule has 0 aromatic carbocycles. The summed E-state index contributed by atoms with van der Waals surface area (Å²) in [4.78, 5) is 48.3. The van der Waals surface area contributed by atoms with Crippen molar-refractivity contribution in [3.63, 3.8) is 0 Å². The van der Waals surface area contributed by atoms with Crippen molar-refractivity contribution in [2.75, 3.05) is 52.4 Å². The first-order valence-electron chi connectivity index (χ1n) is 9.24. The van der Waals surface area contributed by atoms with Crippen molar-refractivity contribution < 1.29 is 39.6 Å². The van der Waals surface area contributed by atoms with Crippen LogP contribution in [0.4, 0.5) is 0 Å². The second-order valence-electron chi connectivity index (χ2n) is 7.88. The fourth-order valence-corrected chi connectivity index (χ4v) is 3.02. The average molecular weight is 415 g/mol. The molecule has 0 aromatic rings. The summed E-state index contributed by atoms with van der Waals surface area (Å²) >= 11 is 0. The Labute approximate surface area is 170 Å². The number of hydrogen-bond donors (Lipinski definition) is 0. The van der Waals surface area contributed by atoms with Crippen LogP contribution in [0.25, 0.3) is 0 Å². The molecule has 0 saturated carbocycles. The molecule has 0 bridgehead atoms. The number of nitrogens with zero attached hydrogens (tertiary/aromatic N) is 3. The number of aliphatic carboxylic acids is 4. The molecule has 168 valence electrons. The molecule has 0 amide bonds. The molecule has 0 rings (SSSR count). The zero-order valence-corrected chi connectivity index (χ0v) is 17.3. The Morgan fingerprint density at radius 1 is 0.724 bits per heavy atom. The van der Waals surface area contributed by atoms with Gasteiger partial charge in [0, 0.05) is 51.9 Å². The quantitative estimate of drug-likeness (QED) is 0.250. The average Bonchev–Trinajstić information content (AvgIpc) is 2.52. The molecule has 11 heteroatoms.